The van der Waals surface area contributed by atoms with E-state index >= 15 is 0 Å². The SMILES string of the molecule is O=CNc1ccc(C(=O)NC[C@H](O)c2ccsc2)cc1. The van der Waals surface area contributed by atoms with Gasteiger partial charge >= 0.3 is 0 Å². The zero-order chi connectivity index (χ0) is 14.4. The molecule has 1 atom stereocenters. The Morgan fingerprint density at radius 2 is 2.05 bits per heavy atom. The molecule has 2 rings (SSSR count). The first-order valence-electron chi connectivity index (χ1n) is 5.99. The number of rotatable bonds is 6. The highest BCUT2D eigenvalue weighted by Crippen LogP contribution is 2.15. The van der Waals surface area contributed by atoms with Gasteiger partial charge in [-0.2, -0.15) is 11.3 Å². The fraction of sp³-hybridized carbons (Fsp3) is 0.143. The van der Waals surface area contributed by atoms with Gasteiger partial charge in [-0.1, -0.05) is 0 Å². The van der Waals surface area contributed by atoms with Crippen LogP contribution in [0.25, 0.3) is 0 Å². The van der Waals surface area contributed by atoms with Crippen LogP contribution < -0.4 is 10.6 Å². The van der Waals surface area contributed by atoms with Gasteiger partial charge in [-0.3, -0.25) is 9.59 Å². The van der Waals surface area contributed by atoms with E-state index in [4.69, 9.17) is 0 Å². The molecule has 0 spiro atoms. The maximum atomic E-state index is 11.9. The van der Waals surface area contributed by atoms with Crippen LogP contribution in [0.1, 0.15) is 22.0 Å². The molecule has 1 aromatic heterocycles. The molecule has 0 aliphatic carbocycles. The van der Waals surface area contributed by atoms with E-state index in [0.717, 1.165) is 5.56 Å². The van der Waals surface area contributed by atoms with Gasteiger partial charge in [0.1, 0.15) is 0 Å². The number of nitrogens with one attached hydrogen (secondary N) is 2. The first-order valence-corrected chi connectivity index (χ1v) is 6.93. The lowest BCUT2D eigenvalue weighted by atomic mass is 10.1. The average Bonchev–Trinajstić information content (AvgIpc) is 3.00. The fourth-order valence-corrected chi connectivity index (χ4v) is 2.37. The summed E-state index contributed by atoms with van der Waals surface area (Å²) < 4.78 is 0. The fourth-order valence-electron chi connectivity index (χ4n) is 1.66. The standard InChI is InChI=1S/C14H14N2O3S/c17-9-16-12-3-1-10(2-4-12)14(19)15-7-13(18)11-5-6-20-8-11/h1-6,8-9,13,18H,7H2,(H,15,19)(H,16,17)/t13-/m0/s1. The summed E-state index contributed by atoms with van der Waals surface area (Å²) in [7, 11) is 0. The van der Waals surface area contributed by atoms with Crippen molar-refractivity contribution in [2.75, 3.05) is 11.9 Å². The average molecular weight is 290 g/mol. The van der Waals surface area contributed by atoms with Gasteiger partial charge in [0, 0.05) is 17.8 Å². The zero-order valence-corrected chi connectivity index (χ0v) is 11.4. The maximum absolute atomic E-state index is 11.9. The summed E-state index contributed by atoms with van der Waals surface area (Å²) in [6, 6.07) is 8.31. The second-order valence-electron chi connectivity index (χ2n) is 4.12. The molecule has 0 bridgehead atoms. The molecule has 1 heterocycles. The maximum Gasteiger partial charge on any atom is 0.251 e. The Kier molecular flexibility index (Phi) is 4.86. The van der Waals surface area contributed by atoms with Crippen LogP contribution >= 0.6 is 11.3 Å². The Morgan fingerprint density at radius 3 is 2.65 bits per heavy atom. The van der Waals surface area contributed by atoms with Crippen molar-refractivity contribution in [3.8, 4) is 0 Å². The molecule has 2 aromatic rings. The number of aliphatic hydroxyl groups excluding tert-OH is 1. The summed E-state index contributed by atoms with van der Waals surface area (Å²) in [5.74, 6) is -0.267. The molecule has 6 heteroatoms. The second-order valence-corrected chi connectivity index (χ2v) is 4.90. The largest absolute Gasteiger partial charge is 0.387 e. The van der Waals surface area contributed by atoms with Crippen molar-refractivity contribution in [2.24, 2.45) is 0 Å². The number of carbonyl (C=O) groups is 2. The number of aliphatic hydroxyl groups is 1. The first kappa shape index (κ1) is 14.2. The minimum Gasteiger partial charge on any atom is -0.387 e. The number of thiophene rings is 1. The molecule has 0 aliphatic rings. The van der Waals surface area contributed by atoms with Crippen LogP contribution in [0.3, 0.4) is 0 Å². The number of hydrogen-bond acceptors (Lipinski definition) is 4. The van der Waals surface area contributed by atoms with Crippen molar-refractivity contribution in [3.05, 3.63) is 52.2 Å². The predicted octanol–water partition coefficient (Wildman–Crippen LogP) is 1.78. The Morgan fingerprint density at radius 1 is 1.30 bits per heavy atom. The number of anilines is 1. The van der Waals surface area contributed by atoms with Crippen molar-refractivity contribution >= 4 is 29.3 Å². The molecule has 0 saturated carbocycles. The van der Waals surface area contributed by atoms with Gasteiger partial charge in [0.25, 0.3) is 5.91 Å². The molecule has 5 nitrogen and oxygen atoms in total. The molecule has 20 heavy (non-hydrogen) atoms. The van der Waals surface area contributed by atoms with Gasteiger partial charge in [-0.05, 0) is 46.7 Å². The molecule has 3 N–H and O–H groups in total. The Labute approximate surface area is 120 Å². The van der Waals surface area contributed by atoms with Crippen molar-refractivity contribution in [1.29, 1.82) is 0 Å². The van der Waals surface area contributed by atoms with Gasteiger partial charge in [0.05, 0.1) is 6.10 Å². The minimum absolute atomic E-state index is 0.157. The van der Waals surface area contributed by atoms with Gasteiger partial charge in [0.15, 0.2) is 0 Å². The van der Waals surface area contributed by atoms with E-state index < -0.39 is 6.10 Å². The molecule has 0 aliphatic heterocycles. The topological polar surface area (TPSA) is 78.4 Å². The second kappa shape index (κ2) is 6.83. The smallest absolute Gasteiger partial charge is 0.251 e. The molecular weight excluding hydrogens is 276 g/mol. The van der Waals surface area contributed by atoms with Crippen LogP contribution in [0.15, 0.2) is 41.1 Å². The van der Waals surface area contributed by atoms with Crippen LogP contribution in [0.4, 0.5) is 5.69 Å². The van der Waals surface area contributed by atoms with Crippen LogP contribution in [0.5, 0.6) is 0 Å². The third-order valence-electron chi connectivity index (χ3n) is 2.76. The summed E-state index contributed by atoms with van der Waals surface area (Å²) in [6.45, 7) is 0.157. The highest BCUT2D eigenvalue weighted by molar-refractivity contribution is 7.07. The highest BCUT2D eigenvalue weighted by atomic mass is 32.1. The minimum atomic E-state index is -0.707. The lowest BCUT2D eigenvalue weighted by Gasteiger charge is -2.10. The summed E-state index contributed by atoms with van der Waals surface area (Å²) in [5.41, 5.74) is 1.88. The van der Waals surface area contributed by atoms with Gasteiger partial charge in [0.2, 0.25) is 6.41 Å². The van der Waals surface area contributed by atoms with Crippen LogP contribution in [0.2, 0.25) is 0 Å². The molecule has 0 radical (unpaired) electrons. The van der Waals surface area contributed by atoms with Crippen LogP contribution in [-0.2, 0) is 4.79 Å². The molecule has 0 unspecified atom stereocenters. The van der Waals surface area contributed by atoms with E-state index in [-0.39, 0.29) is 12.5 Å². The molecule has 2 amide bonds. The third kappa shape index (κ3) is 3.66. The Bertz CT molecular complexity index is 567. The van der Waals surface area contributed by atoms with E-state index in [1.54, 1.807) is 24.3 Å². The zero-order valence-electron chi connectivity index (χ0n) is 10.6. The third-order valence-corrected chi connectivity index (χ3v) is 3.46. The number of hydrogen-bond donors (Lipinski definition) is 3. The summed E-state index contributed by atoms with van der Waals surface area (Å²) in [5, 5.41) is 18.7. The van der Waals surface area contributed by atoms with E-state index in [0.29, 0.717) is 17.7 Å². The predicted molar refractivity (Wildman–Crippen MR) is 77.7 cm³/mol. The van der Waals surface area contributed by atoms with E-state index in [1.807, 2.05) is 16.8 Å². The normalized spacial score (nSPS) is 11.7. The molecule has 1 aromatic carbocycles. The highest BCUT2D eigenvalue weighted by Gasteiger charge is 2.11. The molecule has 0 fully saturated rings. The van der Waals surface area contributed by atoms with E-state index in [9.17, 15) is 14.7 Å². The molecule has 104 valence electrons. The number of amides is 2. The van der Waals surface area contributed by atoms with Gasteiger partial charge in [-0.25, -0.2) is 0 Å². The van der Waals surface area contributed by atoms with Crippen molar-refractivity contribution < 1.29 is 14.7 Å². The first-order chi connectivity index (χ1) is 9.70. The van der Waals surface area contributed by atoms with E-state index in [1.165, 1.54) is 11.3 Å². The quantitative estimate of drug-likeness (QED) is 0.710. The van der Waals surface area contributed by atoms with Crippen molar-refractivity contribution in [2.45, 2.75) is 6.10 Å². The Balaban J connectivity index is 1.89. The lowest BCUT2D eigenvalue weighted by molar-refractivity contribution is -0.105. The molecule has 0 saturated heterocycles. The van der Waals surface area contributed by atoms with Crippen LogP contribution in [-0.4, -0.2) is 24.0 Å². The monoisotopic (exact) mass is 290 g/mol. The Hall–Kier alpha value is -2.18. The van der Waals surface area contributed by atoms with Gasteiger partial charge < -0.3 is 15.7 Å². The lowest BCUT2D eigenvalue weighted by Crippen LogP contribution is -2.28. The summed E-state index contributed by atoms with van der Waals surface area (Å²) in [4.78, 5) is 22.1. The summed E-state index contributed by atoms with van der Waals surface area (Å²) >= 11 is 1.50. The summed E-state index contributed by atoms with van der Waals surface area (Å²) in [6.07, 6.45) is -0.132. The van der Waals surface area contributed by atoms with Crippen LogP contribution in [0, 0.1) is 0 Å². The van der Waals surface area contributed by atoms with Crippen molar-refractivity contribution in [1.82, 2.24) is 5.32 Å². The number of benzene rings is 1. The van der Waals surface area contributed by atoms with E-state index in [2.05, 4.69) is 10.6 Å². The van der Waals surface area contributed by atoms with Crippen molar-refractivity contribution in [3.63, 3.8) is 0 Å². The van der Waals surface area contributed by atoms with Gasteiger partial charge in [-0.15, -0.1) is 0 Å². The molecular formula is C14H14N2O3S. The number of carbonyl (C=O) groups excluding carboxylic acids is 2.